The van der Waals surface area contributed by atoms with Crippen molar-refractivity contribution < 1.29 is 39.6 Å². The lowest BCUT2D eigenvalue weighted by Gasteiger charge is -2.25. The molecule has 0 saturated heterocycles. The molecule has 0 aliphatic rings. The number of carbonyl (C=O) groups is 4. The zero-order valence-corrected chi connectivity index (χ0v) is 18.2. The zero-order valence-electron chi connectivity index (χ0n) is 17.3. The summed E-state index contributed by atoms with van der Waals surface area (Å²) in [5.41, 5.74) is 6.19. The predicted molar refractivity (Wildman–Crippen MR) is 116 cm³/mol. The van der Waals surface area contributed by atoms with E-state index in [-0.39, 0.29) is 17.9 Å². The monoisotopic (exact) mass is 472 g/mol. The Balaban J connectivity index is 2.99. The first-order valence-electron chi connectivity index (χ1n) is 9.57. The third-order valence-corrected chi connectivity index (χ3v) is 4.80. The number of aliphatic hydroxyl groups excluding tert-OH is 2. The molecule has 0 heterocycles. The first-order chi connectivity index (χ1) is 15.0. The molecule has 13 heteroatoms. The first kappa shape index (κ1) is 27.2. The number of carboxylic acid groups (broad SMARTS) is 1. The molecule has 0 radical (unpaired) electrons. The van der Waals surface area contributed by atoms with E-state index in [2.05, 4.69) is 23.3 Å². The van der Waals surface area contributed by atoms with Crippen LogP contribution in [-0.4, -0.2) is 86.7 Å². The van der Waals surface area contributed by atoms with Crippen LogP contribution in [0.4, 0.5) is 0 Å². The van der Waals surface area contributed by atoms with Crippen LogP contribution in [0.5, 0.6) is 5.75 Å². The number of nitrogens with two attached hydrogens (primary N) is 1. The summed E-state index contributed by atoms with van der Waals surface area (Å²) in [6.07, 6.45) is -1.47. The van der Waals surface area contributed by atoms with Crippen LogP contribution < -0.4 is 21.7 Å². The Morgan fingerprint density at radius 2 is 1.53 bits per heavy atom. The summed E-state index contributed by atoms with van der Waals surface area (Å²) in [6, 6.07) is 0.387. The van der Waals surface area contributed by atoms with Crippen LogP contribution in [0.25, 0.3) is 0 Å². The molecule has 0 aliphatic carbocycles. The lowest BCUT2D eigenvalue weighted by molar-refractivity contribution is -0.145. The van der Waals surface area contributed by atoms with Gasteiger partial charge < -0.3 is 42.1 Å². The summed E-state index contributed by atoms with van der Waals surface area (Å²) in [5.74, 6) is -4.07. The minimum Gasteiger partial charge on any atom is -0.508 e. The average molecular weight is 473 g/mol. The van der Waals surface area contributed by atoms with Gasteiger partial charge in [0.05, 0.1) is 18.8 Å². The van der Waals surface area contributed by atoms with Crippen molar-refractivity contribution in [1.29, 1.82) is 0 Å². The largest absolute Gasteiger partial charge is 0.508 e. The van der Waals surface area contributed by atoms with Gasteiger partial charge in [0.2, 0.25) is 17.7 Å². The van der Waals surface area contributed by atoms with Gasteiger partial charge in [-0.2, -0.15) is 12.6 Å². The minimum absolute atomic E-state index is 0.000930. The molecule has 0 fully saturated rings. The number of rotatable bonds is 12. The molecule has 1 rings (SSSR count). The Morgan fingerprint density at radius 3 is 2.00 bits per heavy atom. The fourth-order valence-electron chi connectivity index (χ4n) is 2.55. The molecule has 5 atom stereocenters. The van der Waals surface area contributed by atoms with E-state index in [4.69, 9.17) is 10.8 Å². The fourth-order valence-corrected chi connectivity index (χ4v) is 2.71. The second-order valence-corrected chi connectivity index (χ2v) is 7.39. The molecule has 178 valence electrons. The highest BCUT2D eigenvalue weighted by molar-refractivity contribution is 7.80. The van der Waals surface area contributed by atoms with Crippen LogP contribution in [0.2, 0.25) is 0 Å². The fraction of sp³-hybridized carbons (Fsp3) is 0.474. The van der Waals surface area contributed by atoms with Crippen LogP contribution >= 0.6 is 12.6 Å². The predicted octanol–water partition coefficient (Wildman–Crippen LogP) is -2.90. The Bertz CT molecular complexity index is 805. The highest BCUT2D eigenvalue weighted by Gasteiger charge is 2.31. The molecular weight excluding hydrogens is 444 g/mol. The lowest BCUT2D eigenvalue weighted by Crippen LogP contribution is -2.59. The number of benzene rings is 1. The van der Waals surface area contributed by atoms with Crippen molar-refractivity contribution in [3.05, 3.63) is 29.8 Å². The molecule has 0 saturated carbocycles. The Hall–Kier alpha value is -2.87. The molecule has 0 aliphatic heterocycles. The number of thiol groups is 1. The maximum atomic E-state index is 12.8. The number of carbonyl (C=O) groups excluding carboxylic acids is 3. The molecule has 9 N–H and O–H groups in total. The quantitative estimate of drug-likeness (QED) is 0.143. The summed E-state index contributed by atoms with van der Waals surface area (Å²) in [6.45, 7) is 0.277. The van der Waals surface area contributed by atoms with E-state index in [1.807, 2.05) is 5.32 Å². The van der Waals surface area contributed by atoms with E-state index in [1.54, 1.807) is 0 Å². The molecule has 32 heavy (non-hydrogen) atoms. The molecule has 12 nitrogen and oxygen atoms in total. The lowest BCUT2D eigenvalue weighted by atomic mass is 10.0. The number of carboxylic acids is 1. The Labute approximate surface area is 189 Å². The number of hydrogen-bond acceptors (Lipinski definition) is 9. The van der Waals surface area contributed by atoms with E-state index in [0.29, 0.717) is 5.56 Å². The first-order valence-corrected chi connectivity index (χ1v) is 10.2. The topological polar surface area (TPSA) is 211 Å². The van der Waals surface area contributed by atoms with Crippen LogP contribution in [0, 0.1) is 0 Å². The highest BCUT2D eigenvalue weighted by atomic mass is 32.1. The van der Waals surface area contributed by atoms with Gasteiger partial charge in [-0.3, -0.25) is 14.4 Å². The van der Waals surface area contributed by atoms with Gasteiger partial charge in [0.25, 0.3) is 0 Å². The van der Waals surface area contributed by atoms with Crippen molar-refractivity contribution in [2.75, 3.05) is 12.4 Å². The van der Waals surface area contributed by atoms with Gasteiger partial charge in [0.1, 0.15) is 17.8 Å². The normalized spacial score (nSPS) is 15.5. The number of phenols is 1. The number of nitrogens with one attached hydrogen (secondary N) is 3. The van der Waals surface area contributed by atoms with Crippen LogP contribution in [0.3, 0.4) is 0 Å². The number of phenolic OH excluding ortho intramolecular Hbond substituents is 1. The molecule has 1 aromatic carbocycles. The van der Waals surface area contributed by atoms with Gasteiger partial charge in [-0.25, -0.2) is 4.79 Å². The summed E-state index contributed by atoms with van der Waals surface area (Å²) >= 11 is 3.93. The van der Waals surface area contributed by atoms with Crippen molar-refractivity contribution >= 4 is 36.3 Å². The molecule has 5 unspecified atom stereocenters. The number of aromatic hydroxyl groups is 1. The Kier molecular flexibility index (Phi) is 10.9. The maximum absolute atomic E-state index is 12.8. The summed E-state index contributed by atoms with van der Waals surface area (Å²) < 4.78 is 0. The van der Waals surface area contributed by atoms with Crippen LogP contribution in [0.15, 0.2) is 24.3 Å². The average Bonchev–Trinajstić information content (AvgIpc) is 2.75. The molecule has 0 bridgehead atoms. The number of aliphatic carboxylic acids is 1. The van der Waals surface area contributed by atoms with E-state index in [9.17, 15) is 34.5 Å². The molecule has 1 aromatic rings. The summed E-state index contributed by atoms with van der Waals surface area (Å²) in [4.78, 5) is 48.5. The van der Waals surface area contributed by atoms with E-state index >= 15 is 0 Å². The van der Waals surface area contributed by atoms with Crippen LogP contribution in [-0.2, 0) is 25.6 Å². The third-order valence-electron chi connectivity index (χ3n) is 4.40. The van der Waals surface area contributed by atoms with Crippen molar-refractivity contribution in [3.63, 3.8) is 0 Å². The van der Waals surface area contributed by atoms with E-state index in [1.165, 1.54) is 24.3 Å². The SMILES string of the molecule is CC(O)C(NC(=O)C(CO)NC(=O)C(Cc1ccc(O)cc1)NC(=O)C(N)CS)C(=O)O. The summed E-state index contributed by atoms with van der Waals surface area (Å²) in [5, 5.41) is 44.2. The third kappa shape index (κ3) is 8.34. The maximum Gasteiger partial charge on any atom is 0.328 e. The van der Waals surface area contributed by atoms with Gasteiger partial charge in [0.15, 0.2) is 6.04 Å². The van der Waals surface area contributed by atoms with Gasteiger partial charge >= 0.3 is 5.97 Å². The minimum atomic E-state index is -1.66. The van der Waals surface area contributed by atoms with Gasteiger partial charge in [0, 0.05) is 12.2 Å². The van der Waals surface area contributed by atoms with Crippen molar-refractivity contribution in [3.8, 4) is 5.75 Å². The van der Waals surface area contributed by atoms with Crippen LogP contribution in [0.1, 0.15) is 12.5 Å². The smallest absolute Gasteiger partial charge is 0.328 e. The molecule has 0 aromatic heterocycles. The number of amides is 3. The van der Waals surface area contributed by atoms with Gasteiger partial charge in [-0.1, -0.05) is 12.1 Å². The zero-order chi connectivity index (χ0) is 24.4. The van der Waals surface area contributed by atoms with Crippen molar-refractivity contribution in [2.45, 2.75) is 43.6 Å². The van der Waals surface area contributed by atoms with E-state index in [0.717, 1.165) is 6.92 Å². The van der Waals surface area contributed by atoms with Crippen molar-refractivity contribution in [1.82, 2.24) is 16.0 Å². The number of aliphatic hydroxyl groups is 2. The standard InChI is InChI=1S/C19H28N4O8S/c1-9(25)15(19(30)31)23-18(29)14(7-24)22-17(28)13(21-16(27)12(20)8-32)6-10-2-4-11(26)5-3-10/h2-5,9,12-15,24-26,32H,6-8,20H2,1H3,(H,21,27)(H,22,28)(H,23,29)(H,30,31). The second kappa shape index (κ2) is 12.9. The van der Waals surface area contributed by atoms with Crippen molar-refractivity contribution in [2.24, 2.45) is 5.73 Å². The molecule has 3 amide bonds. The number of hydrogen-bond donors (Lipinski definition) is 9. The summed E-state index contributed by atoms with van der Waals surface area (Å²) in [7, 11) is 0. The highest BCUT2D eigenvalue weighted by Crippen LogP contribution is 2.12. The molecular formula is C19H28N4O8S. The van der Waals surface area contributed by atoms with Gasteiger partial charge in [-0.05, 0) is 24.6 Å². The van der Waals surface area contributed by atoms with E-state index < -0.39 is 60.6 Å². The molecule has 0 spiro atoms. The Morgan fingerprint density at radius 1 is 1.00 bits per heavy atom. The van der Waals surface area contributed by atoms with Gasteiger partial charge in [-0.15, -0.1) is 0 Å². The second-order valence-electron chi connectivity index (χ2n) is 7.03.